The minimum atomic E-state index is 0.348. The zero-order valence-electron chi connectivity index (χ0n) is 5.61. The highest BCUT2D eigenvalue weighted by Gasteiger charge is 2.03. The summed E-state index contributed by atoms with van der Waals surface area (Å²) >= 11 is 0. The Bertz CT molecular complexity index is 369. The minimum Gasteiger partial charge on any atom is -0.354 e. The van der Waals surface area contributed by atoms with Gasteiger partial charge < -0.3 is 4.52 Å². The molecule has 1 aromatic heterocycles. The van der Waals surface area contributed by atoms with Crippen LogP contribution in [0.4, 0.5) is 5.82 Å². The summed E-state index contributed by atoms with van der Waals surface area (Å²) in [5, 5.41) is 12.9. The molecular weight excluding hydrogens is 144 g/mol. The minimum absolute atomic E-state index is 0.348. The van der Waals surface area contributed by atoms with Gasteiger partial charge in [-0.05, 0) is 12.1 Å². The monoisotopic (exact) mass is 150 g/mol. The quantitative estimate of drug-likeness (QED) is 0.606. The number of para-hydroxylation sites is 1. The predicted molar refractivity (Wildman–Crippen MR) is 39.4 cm³/mol. The second-order valence-corrected chi connectivity index (χ2v) is 2.14. The number of rotatable bonds is 1. The van der Waals surface area contributed by atoms with Crippen LogP contribution >= 0.6 is 0 Å². The third-order valence-corrected chi connectivity index (χ3v) is 1.48. The summed E-state index contributed by atoms with van der Waals surface area (Å²) < 4.78 is 4.87. The van der Waals surface area contributed by atoms with Gasteiger partial charge in [0, 0.05) is 0 Å². The van der Waals surface area contributed by atoms with E-state index in [4.69, 9.17) is 9.73 Å². The van der Waals surface area contributed by atoms with Crippen molar-refractivity contribution >= 4 is 16.8 Å². The molecule has 0 aliphatic heterocycles. The molecule has 0 saturated carbocycles. The molecular formula is C7H6N2O2. The van der Waals surface area contributed by atoms with E-state index in [1.807, 2.05) is 23.7 Å². The van der Waals surface area contributed by atoms with Gasteiger partial charge in [0.05, 0.1) is 5.39 Å². The lowest BCUT2D eigenvalue weighted by atomic mass is 10.2. The lowest BCUT2D eigenvalue weighted by Crippen LogP contribution is -1.87. The third kappa shape index (κ3) is 0.841. The van der Waals surface area contributed by atoms with Crippen LogP contribution in [0.3, 0.4) is 0 Å². The van der Waals surface area contributed by atoms with Crippen molar-refractivity contribution in [3.8, 4) is 0 Å². The molecule has 0 saturated heterocycles. The molecule has 56 valence electrons. The molecule has 0 amide bonds. The Balaban J connectivity index is 2.76. The van der Waals surface area contributed by atoms with Crippen LogP contribution in [0.1, 0.15) is 0 Å². The number of benzene rings is 1. The molecule has 0 atom stereocenters. The highest BCUT2D eigenvalue weighted by Crippen LogP contribution is 2.20. The number of anilines is 1. The van der Waals surface area contributed by atoms with E-state index < -0.39 is 0 Å². The Kier molecular flexibility index (Phi) is 1.26. The van der Waals surface area contributed by atoms with Crippen LogP contribution in [0.25, 0.3) is 11.0 Å². The van der Waals surface area contributed by atoms with Gasteiger partial charge >= 0.3 is 0 Å². The number of nitrogens with zero attached hydrogens (tertiary/aromatic N) is 1. The van der Waals surface area contributed by atoms with Crippen molar-refractivity contribution in [2.45, 2.75) is 0 Å². The summed E-state index contributed by atoms with van der Waals surface area (Å²) in [6.07, 6.45) is 0. The Labute approximate surface area is 62.4 Å². The van der Waals surface area contributed by atoms with Gasteiger partial charge in [0.15, 0.2) is 5.58 Å². The summed E-state index contributed by atoms with van der Waals surface area (Å²) in [6.45, 7) is 0. The zero-order chi connectivity index (χ0) is 7.68. The fraction of sp³-hybridized carbons (Fsp3) is 0. The number of nitrogens with one attached hydrogen (secondary N) is 1. The second kappa shape index (κ2) is 2.25. The maximum absolute atomic E-state index is 8.55. The largest absolute Gasteiger partial charge is 0.354 e. The van der Waals surface area contributed by atoms with Crippen molar-refractivity contribution in [2.24, 2.45) is 0 Å². The third-order valence-electron chi connectivity index (χ3n) is 1.48. The smallest absolute Gasteiger partial charge is 0.200 e. The van der Waals surface area contributed by atoms with Crippen molar-refractivity contribution in [3.05, 3.63) is 24.3 Å². The molecule has 0 aliphatic rings. The Hall–Kier alpha value is -1.55. The SMILES string of the molecule is ONc1noc2ccccc12. The van der Waals surface area contributed by atoms with Gasteiger partial charge in [0.2, 0.25) is 5.82 Å². The first-order valence-corrected chi connectivity index (χ1v) is 3.16. The van der Waals surface area contributed by atoms with E-state index in [9.17, 15) is 0 Å². The van der Waals surface area contributed by atoms with Crippen LogP contribution in [-0.2, 0) is 0 Å². The molecule has 4 nitrogen and oxygen atoms in total. The molecule has 2 N–H and O–H groups in total. The van der Waals surface area contributed by atoms with Crippen LogP contribution in [0.5, 0.6) is 0 Å². The number of aromatic nitrogens is 1. The summed E-state index contributed by atoms with van der Waals surface area (Å²) in [5.41, 5.74) is 2.60. The maximum Gasteiger partial charge on any atom is 0.200 e. The predicted octanol–water partition coefficient (Wildman–Crippen LogP) is 1.63. The molecule has 0 aliphatic carbocycles. The van der Waals surface area contributed by atoms with Crippen molar-refractivity contribution in [2.75, 3.05) is 5.48 Å². The first kappa shape index (κ1) is 6.18. The zero-order valence-corrected chi connectivity index (χ0v) is 5.61. The molecule has 0 fully saturated rings. The van der Waals surface area contributed by atoms with Gasteiger partial charge in [-0.15, -0.1) is 0 Å². The first-order valence-electron chi connectivity index (χ1n) is 3.16. The van der Waals surface area contributed by atoms with Gasteiger partial charge in [-0.3, -0.25) is 5.21 Å². The van der Waals surface area contributed by atoms with Crippen LogP contribution in [-0.4, -0.2) is 10.4 Å². The van der Waals surface area contributed by atoms with E-state index in [0.717, 1.165) is 5.39 Å². The van der Waals surface area contributed by atoms with Crippen LogP contribution < -0.4 is 5.48 Å². The van der Waals surface area contributed by atoms with E-state index in [2.05, 4.69) is 5.16 Å². The second-order valence-electron chi connectivity index (χ2n) is 2.14. The van der Waals surface area contributed by atoms with Gasteiger partial charge in [0.25, 0.3) is 0 Å². The van der Waals surface area contributed by atoms with Gasteiger partial charge in [-0.2, -0.15) is 0 Å². The highest BCUT2D eigenvalue weighted by atomic mass is 16.5. The average molecular weight is 150 g/mol. The van der Waals surface area contributed by atoms with E-state index in [-0.39, 0.29) is 0 Å². The standard InChI is InChI=1S/C7H6N2O2/c10-8-7-5-3-1-2-4-6(5)11-9-7/h1-4,10H,(H,8,9). The molecule has 0 unspecified atom stereocenters. The molecule has 0 spiro atoms. The Morgan fingerprint density at radius 2 is 2.18 bits per heavy atom. The lowest BCUT2D eigenvalue weighted by Gasteiger charge is -1.88. The van der Waals surface area contributed by atoms with E-state index in [0.29, 0.717) is 11.4 Å². The highest BCUT2D eigenvalue weighted by molar-refractivity contribution is 5.87. The summed E-state index contributed by atoms with van der Waals surface area (Å²) in [4.78, 5) is 0. The molecule has 0 bridgehead atoms. The van der Waals surface area contributed by atoms with Crippen molar-refractivity contribution in [3.63, 3.8) is 0 Å². The average Bonchev–Trinajstić information content (AvgIpc) is 2.47. The molecule has 2 aromatic rings. The van der Waals surface area contributed by atoms with E-state index in [1.165, 1.54) is 0 Å². The number of hydrogen-bond donors (Lipinski definition) is 2. The van der Waals surface area contributed by atoms with Crippen molar-refractivity contribution < 1.29 is 9.73 Å². The van der Waals surface area contributed by atoms with Crippen LogP contribution in [0.15, 0.2) is 28.8 Å². The van der Waals surface area contributed by atoms with E-state index in [1.54, 1.807) is 6.07 Å². The molecule has 1 aromatic carbocycles. The first-order chi connectivity index (χ1) is 5.42. The van der Waals surface area contributed by atoms with Gasteiger partial charge in [0.1, 0.15) is 0 Å². The van der Waals surface area contributed by atoms with Crippen molar-refractivity contribution in [1.82, 2.24) is 5.16 Å². The molecule has 2 rings (SSSR count). The molecule has 11 heavy (non-hydrogen) atoms. The number of hydrogen-bond acceptors (Lipinski definition) is 4. The topological polar surface area (TPSA) is 58.3 Å². The van der Waals surface area contributed by atoms with Crippen molar-refractivity contribution in [1.29, 1.82) is 0 Å². The fourth-order valence-corrected chi connectivity index (χ4v) is 0.967. The molecule has 0 radical (unpaired) electrons. The Morgan fingerprint density at radius 1 is 1.36 bits per heavy atom. The van der Waals surface area contributed by atoms with Gasteiger partial charge in [-0.25, -0.2) is 5.48 Å². The van der Waals surface area contributed by atoms with Gasteiger partial charge in [-0.1, -0.05) is 17.3 Å². The normalized spacial score (nSPS) is 10.3. The summed E-state index contributed by atoms with van der Waals surface area (Å²) in [6, 6.07) is 7.28. The van der Waals surface area contributed by atoms with Crippen LogP contribution in [0.2, 0.25) is 0 Å². The van der Waals surface area contributed by atoms with E-state index >= 15 is 0 Å². The molecule has 4 heteroatoms. The number of fused-ring (bicyclic) bond motifs is 1. The fourth-order valence-electron chi connectivity index (χ4n) is 0.967. The Morgan fingerprint density at radius 3 is 3.00 bits per heavy atom. The molecule has 1 heterocycles. The lowest BCUT2D eigenvalue weighted by molar-refractivity contribution is 0.374. The van der Waals surface area contributed by atoms with Crippen LogP contribution in [0, 0.1) is 0 Å². The maximum atomic E-state index is 8.55. The summed E-state index contributed by atoms with van der Waals surface area (Å²) in [5.74, 6) is 0.348. The summed E-state index contributed by atoms with van der Waals surface area (Å²) in [7, 11) is 0.